The molecule has 0 aromatic carbocycles. The molecular formula is C10H18N2O2S. The zero-order valence-corrected chi connectivity index (χ0v) is 10.2. The van der Waals surface area contributed by atoms with Gasteiger partial charge < -0.3 is 15.4 Å². The number of esters is 1. The monoisotopic (exact) mass is 230 g/mol. The molecule has 1 rings (SSSR count). The number of nitrogens with one attached hydrogen (secondary N) is 2. The Balaban J connectivity index is 2.41. The van der Waals surface area contributed by atoms with E-state index in [1.165, 1.54) is 7.11 Å². The summed E-state index contributed by atoms with van der Waals surface area (Å²) in [5, 5.41) is 6.66. The molecule has 1 aliphatic carbocycles. The molecular weight excluding hydrogens is 212 g/mol. The fourth-order valence-corrected chi connectivity index (χ4v) is 1.51. The molecule has 4 nitrogen and oxygen atoms in total. The number of hydrogen-bond donors (Lipinski definition) is 2. The quantitative estimate of drug-likeness (QED) is 0.553. The summed E-state index contributed by atoms with van der Waals surface area (Å²) in [5.74, 6) is -0.124. The Kier molecular flexibility index (Phi) is 4.32. The van der Waals surface area contributed by atoms with Crippen LogP contribution in [0.2, 0.25) is 0 Å². The summed E-state index contributed by atoms with van der Waals surface area (Å²) in [6.45, 7) is 3.91. The molecule has 0 bridgehead atoms. The fraction of sp³-hybridized carbons (Fsp3) is 0.800. The second-order valence-electron chi connectivity index (χ2n) is 4.14. The molecule has 0 aromatic heterocycles. The highest BCUT2D eigenvalue weighted by Gasteiger charge is 2.26. The van der Waals surface area contributed by atoms with E-state index in [1.807, 2.05) is 13.8 Å². The molecule has 0 spiro atoms. The summed E-state index contributed by atoms with van der Waals surface area (Å²) in [7, 11) is 1.39. The SMILES string of the molecule is COC(=O)C(NC(=S)NC1CC1)C(C)C. The topological polar surface area (TPSA) is 50.4 Å². The molecule has 15 heavy (non-hydrogen) atoms. The first kappa shape index (κ1) is 12.2. The molecule has 86 valence electrons. The highest BCUT2D eigenvalue weighted by molar-refractivity contribution is 7.80. The third-order valence-electron chi connectivity index (χ3n) is 2.32. The fourth-order valence-electron chi connectivity index (χ4n) is 1.22. The third kappa shape index (κ3) is 4.03. The van der Waals surface area contributed by atoms with Gasteiger partial charge in [-0.15, -0.1) is 0 Å². The second-order valence-corrected chi connectivity index (χ2v) is 4.55. The molecule has 0 aromatic rings. The van der Waals surface area contributed by atoms with Crippen LogP contribution in [0.3, 0.4) is 0 Å². The van der Waals surface area contributed by atoms with E-state index in [-0.39, 0.29) is 17.9 Å². The molecule has 0 heterocycles. The number of methoxy groups -OCH3 is 1. The van der Waals surface area contributed by atoms with E-state index in [0.717, 1.165) is 12.8 Å². The first-order chi connectivity index (χ1) is 7.04. The van der Waals surface area contributed by atoms with E-state index >= 15 is 0 Å². The summed E-state index contributed by atoms with van der Waals surface area (Å²) in [4.78, 5) is 11.4. The maximum atomic E-state index is 11.4. The van der Waals surface area contributed by atoms with Crippen LogP contribution in [-0.4, -0.2) is 30.3 Å². The lowest BCUT2D eigenvalue weighted by atomic mass is 10.1. The predicted octanol–water partition coefficient (Wildman–Crippen LogP) is 0.810. The van der Waals surface area contributed by atoms with Crippen LogP contribution in [0.15, 0.2) is 0 Å². The number of carbonyl (C=O) groups excluding carboxylic acids is 1. The van der Waals surface area contributed by atoms with Gasteiger partial charge in [0.05, 0.1) is 7.11 Å². The van der Waals surface area contributed by atoms with E-state index < -0.39 is 0 Å². The molecule has 1 aliphatic rings. The largest absolute Gasteiger partial charge is 0.467 e. The molecule has 2 N–H and O–H groups in total. The summed E-state index contributed by atoms with van der Waals surface area (Å²) in [5.41, 5.74) is 0. The minimum absolute atomic E-state index is 0.149. The minimum Gasteiger partial charge on any atom is -0.467 e. The Hall–Kier alpha value is -0.840. The minimum atomic E-state index is -0.367. The average Bonchev–Trinajstić information content (AvgIpc) is 2.96. The maximum absolute atomic E-state index is 11.4. The van der Waals surface area contributed by atoms with Crippen LogP contribution in [0.1, 0.15) is 26.7 Å². The van der Waals surface area contributed by atoms with Crippen molar-refractivity contribution in [1.29, 1.82) is 0 Å². The standard InChI is InChI=1S/C10H18N2O2S/c1-6(2)8(9(13)14-3)12-10(15)11-7-4-5-7/h6-8H,4-5H2,1-3H3,(H2,11,12,15). The van der Waals surface area contributed by atoms with Crippen LogP contribution in [0.4, 0.5) is 0 Å². The van der Waals surface area contributed by atoms with E-state index in [2.05, 4.69) is 10.6 Å². The molecule has 5 heteroatoms. The van der Waals surface area contributed by atoms with Crippen molar-refractivity contribution in [1.82, 2.24) is 10.6 Å². The van der Waals surface area contributed by atoms with Gasteiger partial charge in [-0.05, 0) is 31.0 Å². The summed E-state index contributed by atoms with van der Waals surface area (Å²) >= 11 is 5.10. The van der Waals surface area contributed by atoms with Crippen molar-refractivity contribution in [2.75, 3.05) is 7.11 Å². The lowest BCUT2D eigenvalue weighted by Crippen LogP contribution is -2.49. The Morgan fingerprint density at radius 3 is 2.47 bits per heavy atom. The van der Waals surface area contributed by atoms with Gasteiger partial charge in [-0.25, -0.2) is 4.79 Å². The summed E-state index contributed by atoms with van der Waals surface area (Å²) in [6.07, 6.45) is 2.32. The molecule has 0 aliphatic heterocycles. The third-order valence-corrected chi connectivity index (χ3v) is 2.56. The van der Waals surface area contributed by atoms with E-state index in [4.69, 9.17) is 17.0 Å². The van der Waals surface area contributed by atoms with Gasteiger partial charge in [0, 0.05) is 6.04 Å². The van der Waals surface area contributed by atoms with Gasteiger partial charge in [0.1, 0.15) is 6.04 Å². The average molecular weight is 230 g/mol. The van der Waals surface area contributed by atoms with Crippen molar-refractivity contribution >= 4 is 23.3 Å². The second kappa shape index (κ2) is 5.30. The molecule has 0 radical (unpaired) electrons. The highest BCUT2D eigenvalue weighted by atomic mass is 32.1. The highest BCUT2D eigenvalue weighted by Crippen LogP contribution is 2.18. The van der Waals surface area contributed by atoms with Crippen LogP contribution >= 0.6 is 12.2 Å². The van der Waals surface area contributed by atoms with Gasteiger partial charge >= 0.3 is 5.97 Å². The van der Waals surface area contributed by atoms with Gasteiger partial charge in [-0.1, -0.05) is 13.8 Å². The first-order valence-corrected chi connectivity index (χ1v) is 5.60. The number of carbonyl (C=O) groups is 1. The van der Waals surface area contributed by atoms with Crippen molar-refractivity contribution in [3.63, 3.8) is 0 Å². The Morgan fingerprint density at radius 1 is 1.47 bits per heavy atom. The summed E-state index contributed by atoms with van der Waals surface area (Å²) < 4.78 is 4.71. The number of rotatable bonds is 4. The normalized spacial score (nSPS) is 17.1. The number of ether oxygens (including phenoxy) is 1. The van der Waals surface area contributed by atoms with E-state index in [1.54, 1.807) is 0 Å². The van der Waals surface area contributed by atoms with Gasteiger partial charge in [0.15, 0.2) is 5.11 Å². The first-order valence-electron chi connectivity index (χ1n) is 5.19. The Bertz CT molecular complexity index is 252. The molecule has 1 unspecified atom stereocenters. The lowest BCUT2D eigenvalue weighted by molar-refractivity contribution is -0.143. The zero-order chi connectivity index (χ0) is 11.4. The van der Waals surface area contributed by atoms with Gasteiger partial charge in [0.25, 0.3) is 0 Å². The zero-order valence-electron chi connectivity index (χ0n) is 9.37. The van der Waals surface area contributed by atoms with E-state index in [0.29, 0.717) is 11.2 Å². The van der Waals surface area contributed by atoms with Crippen LogP contribution in [0, 0.1) is 5.92 Å². The van der Waals surface area contributed by atoms with Crippen molar-refractivity contribution in [3.05, 3.63) is 0 Å². The number of hydrogen-bond acceptors (Lipinski definition) is 3. The van der Waals surface area contributed by atoms with Crippen molar-refractivity contribution in [3.8, 4) is 0 Å². The number of thiocarbonyl (C=S) groups is 1. The van der Waals surface area contributed by atoms with Crippen molar-refractivity contribution in [2.24, 2.45) is 5.92 Å². The van der Waals surface area contributed by atoms with E-state index in [9.17, 15) is 4.79 Å². The molecule has 0 amide bonds. The van der Waals surface area contributed by atoms with Crippen LogP contribution in [-0.2, 0) is 9.53 Å². The molecule has 1 atom stereocenters. The Morgan fingerprint density at radius 2 is 2.07 bits per heavy atom. The molecule has 1 saturated carbocycles. The van der Waals surface area contributed by atoms with Gasteiger partial charge in [-0.3, -0.25) is 0 Å². The molecule has 0 saturated heterocycles. The van der Waals surface area contributed by atoms with Crippen LogP contribution in [0.25, 0.3) is 0 Å². The maximum Gasteiger partial charge on any atom is 0.328 e. The van der Waals surface area contributed by atoms with Crippen molar-refractivity contribution < 1.29 is 9.53 Å². The van der Waals surface area contributed by atoms with Gasteiger partial charge in [0.2, 0.25) is 0 Å². The smallest absolute Gasteiger partial charge is 0.328 e. The van der Waals surface area contributed by atoms with Crippen molar-refractivity contribution in [2.45, 2.75) is 38.8 Å². The Labute approximate surface area is 95.8 Å². The summed E-state index contributed by atoms with van der Waals surface area (Å²) in [6, 6.07) is 0.129. The van der Waals surface area contributed by atoms with Crippen LogP contribution in [0.5, 0.6) is 0 Å². The molecule has 1 fully saturated rings. The lowest BCUT2D eigenvalue weighted by Gasteiger charge is -2.21. The van der Waals surface area contributed by atoms with Crippen LogP contribution < -0.4 is 10.6 Å². The predicted molar refractivity (Wildman–Crippen MR) is 62.5 cm³/mol. The van der Waals surface area contributed by atoms with Gasteiger partial charge in [-0.2, -0.15) is 0 Å².